The summed E-state index contributed by atoms with van der Waals surface area (Å²) in [5, 5.41) is 0. The van der Waals surface area contributed by atoms with Crippen LogP contribution in [0.15, 0.2) is 48.5 Å². The number of hydrogen-bond acceptors (Lipinski definition) is 3. The molecule has 1 atom stereocenters. The van der Waals surface area contributed by atoms with Gasteiger partial charge in [-0.15, -0.1) is 0 Å². The minimum atomic E-state index is -0.520. The molecule has 0 aliphatic carbocycles. The lowest BCUT2D eigenvalue weighted by atomic mass is 10.0. The number of likely N-dealkylation sites (N-methyl/N-ethyl adjacent to an activating group) is 1. The third-order valence-corrected chi connectivity index (χ3v) is 4.43. The highest BCUT2D eigenvalue weighted by molar-refractivity contribution is 5.94. The predicted octanol–water partition coefficient (Wildman–Crippen LogP) is 2.96. The van der Waals surface area contributed by atoms with Gasteiger partial charge >= 0.3 is 0 Å². The summed E-state index contributed by atoms with van der Waals surface area (Å²) in [6.45, 7) is 2.17. The highest BCUT2D eigenvalue weighted by Gasteiger charge is 2.31. The number of nitrogens with zero attached hydrogens (tertiary/aromatic N) is 2. The number of ether oxygens (including phenoxy) is 1. The van der Waals surface area contributed by atoms with E-state index in [2.05, 4.69) is 4.90 Å². The molecule has 2 aromatic carbocycles. The highest BCUT2D eigenvalue weighted by atomic mass is 19.1. The quantitative estimate of drug-likeness (QED) is 0.868. The minimum absolute atomic E-state index is 0.0392. The lowest BCUT2D eigenvalue weighted by molar-refractivity contribution is 0.0497. The third-order valence-electron chi connectivity index (χ3n) is 4.43. The van der Waals surface area contributed by atoms with Gasteiger partial charge in [0.1, 0.15) is 0 Å². The standard InChI is InChI=1S/C19H21FN2O2/c1-21-10-11-22(17(13-21)14-6-4-3-5-7-14)19(23)15-8-9-18(24-2)16(20)12-15/h3-9,12,17H,10-11,13H2,1-2H3. The van der Waals surface area contributed by atoms with Crippen molar-refractivity contribution in [2.75, 3.05) is 33.8 Å². The van der Waals surface area contributed by atoms with E-state index < -0.39 is 5.82 Å². The average molecular weight is 328 g/mol. The van der Waals surface area contributed by atoms with E-state index in [4.69, 9.17) is 4.74 Å². The van der Waals surface area contributed by atoms with Gasteiger partial charge in [0.15, 0.2) is 11.6 Å². The Labute approximate surface area is 141 Å². The van der Waals surface area contributed by atoms with E-state index in [-0.39, 0.29) is 17.7 Å². The second-order valence-electron chi connectivity index (χ2n) is 6.04. The second kappa shape index (κ2) is 7.01. The van der Waals surface area contributed by atoms with E-state index in [1.807, 2.05) is 42.3 Å². The van der Waals surface area contributed by atoms with Crippen molar-refractivity contribution in [1.29, 1.82) is 0 Å². The molecular weight excluding hydrogens is 307 g/mol. The normalized spacial score (nSPS) is 18.5. The molecule has 1 aliphatic rings. The van der Waals surface area contributed by atoms with Gasteiger partial charge in [0.05, 0.1) is 13.2 Å². The van der Waals surface area contributed by atoms with Gasteiger partial charge in [0.2, 0.25) is 0 Å². The maximum atomic E-state index is 14.0. The molecule has 0 bridgehead atoms. The number of rotatable bonds is 3. The van der Waals surface area contributed by atoms with Crippen molar-refractivity contribution >= 4 is 5.91 Å². The van der Waals surface area contributed by atoms with Crippen molar-refractivity contribution in [1.82, 2.24) is 9.80 Å². The average Bonchev–Trinajstić information content (AvgIpc) is 2.61. The van der Waals surface area contributed by atoms with Crippen LogP contribution in [0.3, 0.4) is 0 Å². The van der Waals surface area contributed by atoms with Crippen LogP contribution >= 0.6 is 0 Å². The van der Waals surface area contributed by atoms with Crippen LogP contribution in [0.2, 0.25) is 0 Å². The fourth-order valence-corrected chi connectivity index (χ4v) is 3.09. The Balaban J connectivity index is 1.90. The first kappa shape index (κ1) is 16.5. The first-order valence-corrected chi connectivity index (χ1v) is 7.98. The van der Waals surface area contributed by atoms with Crippen LogP contribution in [-0.4, -0.2) is 49.5 Å². The molecule has 0 N–H and O–H groups in total. The number of halogens is 1. The summed E-state index contributed by atoms with van der Waals surface area (Å²) in [6.07, 6.45) is 0. The van der Waals surface area contributed by atoms with Gasteiger partial charge < -0.3 is 14.5 Å². The van der Waals surface area contributed by atoms with Crippen molar-refractivity contribution in [2.24, 2.45) is 0 Å². The highest BCUT2D eigenvalue weighted by Crippen LogP contribution is 2.27. The molecule has 3 rings (SSSR count). The summed E-state index contributed by atoms with van der Waals surface area (Å²) in [4.78, 5) is 17.0. The molecule has 0 radical (unpaired) electrons. The van der Waals surface area contributed by atoms with E-state index in [9.17, 15) is 9.18 Å². The van der Waals surface area contributed by atoms with Gasteiger partial charge in [0.25, 0.3) is 5.91 Å². The smallest absolute Gasteiger partial charge is 0.254 e. The van der Waals surface area contributed by atoms with Gasteiger partial charge in [0, 0.05) is 25.2 Å². The monoisotopic (exact) mass is 328 g/mol. The van der Waals surface area contributed by atoms with E-state index >= 15 is 0 Å². The first-order chi connectivity index (χ1) is 11.6. The summed E-state index contributed by atoms with van der Waals surface area (Å²) in [5.41, 5.74) is 1.44. The molecule has 1 unspecified atom stereocenters. The maximum absolute atomic E-state index is 14.0. The SMILES string of the molecule is COc1ccc(C(=O)N2CCN(C)CC2c2ccccc2)cc1F. The topological polar surface area (TPSA) is 32.8 Å². The summed E-state index contributed by atoms with van der Waals surface area (Å²) in [5.74, 6) is -0.531. The zero-order valence-electron chi connectivity index (χ0n) is 13.9. The van der Waals surface area contributed by atoms with Crippen molar-refractivity contribution in [3.8, 4) is 5.75 Å². The first-order valence-electron chi connectivity index (χ1n) is 7.98. The van der Waals surface area contributed by atoms with Crippen molar-refractivity contribution in [2.45, 2.75) is 6.04 Å². The number of carbonyl (C=O) groups excluding carboxylic acids is 1. The number of hydrogen-bond donors (Lipinski definition) is 0. The molecule has 4 nitrogen and oxygen atoms in total. The molecule has 24 heavy (non-hydrogen) atoms. The molecule has 2 aromatic rings. The van der Waals surface area contributed by atoms with E-state index in [0.717, 1.165) is 18.7 Å². The number of benzene rings is 2. The van der Waals surface area contributed by atoms with Crippen molar-refractivity contribution < 1.29 is 13.9 Å². The molecule has 126 valence electrons. The molecule has 0 aromatic heterocycles. The molecule has 1 amide bonds. The fourth-order valence-electron chi connectivity index (χ4n) is 3.09. The molecular formula is C19H21FN2O2. The van der Waals surface area contributed by atoms with E-state index in [1.54, 1.807) is 6.07 Å². The summed E-state index contributed by atoms with van der Waals surface area (Å²) >= 11 is 0. The van der Waals surface area contributed by atoms with Gasteiger partial charge in [-0.1, -0.05) is 30.3 Å². The van der Waals surface area contributed by atoms with E-state index in [1.165, 1.54) is 19.2 Å². The Hall–Kier alpha value is -2.40. The number of piperazine rings is 1. The van der Waals surface area contributed by atoms with Gasteiger partial charge in [-0.25, -0.2) is 4.39 Å². The number of methoxy groups -OCH3 is 1. The van der Waals surface area contributed by atoms with Crippen LogP contribution in [0.4, 0.5) is 4.39 Å². The Morgan fingerprint density at radius 2 is 1.92 bits per heavy atom. The molecule has 1 heterocycles. The molecule has 0 saturated carbocycles. The lowest BCUT2D eigenvalue weighted by Crippen LogP contribution is -2.49. The predicted molar refractivity (Wildman–Crippen MR) is 90.7 cm³/mol. The Kier molecular flexibility index (Phi) is 4.81. The molecule has 1 fully saturated rings. The Morgan fingerprint density at radius 3 is 2.58 bits per heavy atom. The minimum Gasteiger partial charge on any atom is -0.494 e. The van der Waals surface area contributed by atoms with Gasteiger partial charge in [-0.05, 0) is 30.8 Å². The van der Waals surface area contributed by atoms with Crippen LogP contribution < -0.4 is 4.74 Å². The third kappa shape index (κ3) is 3.26. The number of carbonyl (C=O) groups is 1. The zero-order valence-corrected chi connectivity index (χ0v) is 13.9. The van der Waals surface area contributed by atoms with Crippen molar-refractivity contribution in [3.63, 3.8) is 0 Å². The maximum Gasteiger partial charge on any atom is 0.254 e. The fraction of sp³-hybridized carbons (Fsp3) is 0.316. The van der Waals surface area contributed by atoms with E-state index in [0.29, 0.717) is 12.1 Å². The molecule has 5 heteroatoms. The lowest BCUT2D eigenvalue weighted by Gasteiger charge is -2.40. The van der Waals surface area contributed by atoms with Crippen molar-refractivity contribution in [3.05, 3.63) is 65.5 Å². The van der Waals surface area contributed by atoms with Crippen LogP contribution in [0, 0.1) is 5.82 Å². The zero-order chi connectivity index (χ0) is 17.1. The Bertz CT molecular complexity index is 721. The Morgan fingerprint density at radius 1 is 1.17 bits per heavy atom. The largest absolute Gasteiger partial charge is 0.494 e. The van der Waals surface area contributed by atoms with Gasteiger partial charge in [-0.2, -0.15) is 0 Å². The second-order valence-corrected chi connectivity index (χ2v) is 6.04. The summed E-state index contributed by atoms with van der Waals surface area (Å²) in [6, 6.07) is 14.3. The van der Waals surface area contributed by atoms with Gasteiger partial charge in [-0.3, -0.25) is 4.79 Å². The molecule has 1 aliphatic heterocycles. The van der Waals surface area contributed by atoms with Crippen LogP contribution in [0.25, 0.3) is 0 Å². The summed E-state index contributed by atoms with van der Waals surface area (Å²) in [7, 11) is 3.45. The summed E-state index contributed by atoms with van der Waals surface area (Å²) < 4.78 is 18.9. The molecule has 1 saturated heterocycles. The van der Waals surface area contributed by atoms with Crippen LogP contribution in [-0.2, 0) is 0 Å². The number of amides is 1. The molecule has 0 spiro atoms. The van der Waals surface area contributed by atoms with Crippen LogP contribution in [0.1, 0.15) is 22.0 Å². The van der Waals surface area contributed by atoms with Crippen LogP contribution in [0.5, 0.6) is 5.75 Å².